The second kappa shape index (κ2) is 9.29. The maximum Gasteiger partial charge on any atom is 0.286 e. The number of nitro groups is 1. The predicted molar refractivity (Wildman–Crippen MR) is 115 cm³/mol. The Morgan fingerprint density at radius 3 is 2.39 bits per heavy atom. The summed E-state index contributed by atoms with van der Waals surface area (Å²) in [5, 5.41) is 18.8. The molecule has 2 aromatic carbocycles. The van der Waals surface area contributed by atoms with Gasteiger partial charge in [0, 0.05) is 23.9 Å². The number of nitrogens with zero attached hydrogens (tertiary/aromatic N) is 3. The smallest absolute Gasteiger partial charge is 0.286 e. The van der Waals surface area contributed by atoms with Crippen molar-refractivity contribution in [3.8, 4) is 11.5 Å². The highest BCUT2D eigenvalue weighted by Gasteiger charge is 2.25. The van der Waals surface area contributed by atoms with Crippen molar-refractivity contribution in [2.24, 2.45) is 0 Å². The first-order chi connectivity index (χ1) is 14.8. The van der Waals surface area contributed by atoms with Gasteiger partial charge in [-0.1, -0.05) is 30.3 Å². The van der Waals surface area contributed by atoms with Gasteiger partial charge in [0.25, 0.3) is 11.6 Å². The molecule has 31 heavy (non-hydrogen) atoms. The average Bonchev–Trinajstić information content (AvgIpc) is 3.03. The lowest BCUT2D eigenvalue weighted by Gasteiger charge is -2.11. The van der Waals surface area contributed by atoms with Crippen molar-refractivity contribution in [3.05, 3.63) is 80.7 Å². The van der Waals surface area contributed by atoms with Gasteiger partial charge in [-0.05, 0) is 19.4 Å². The van der Waals surface area contributed by atoms with Crippen LogP contribution in [-0.2, 0) is 13.1 Å². The van der Waals surface area contributed by atoms with Crippen LogP contribution in [0.2, 0.25) is 0 Å². The molecule has 1 N–H and O–H groups in total. The van der Waals surface area contributed by atoms with E-state index < -0.39 is 10.8 Å². The Morgan fingerprint density at radius 1 is 1.13 bits per heavy atom. The standard InChI is InChI=1S/C22H24N4O5/c1-14-18(15(2)25(24-14)13-16-8-6-5-7-9-16)12-23-22(27)17-10-20(30-3)21(31-4)11-19(17)26(28)29/h5-11H,12-13H2,1-4H3,(H,23,27). The normalized spacial score (nSPS) is 10.6. The molecule has 0 aliphatic heterocycles. The molecule has 1 amide bonds. The minimum atomic E-state index is -0.620. The van der Waals surface area contributed by atoms with Gasteiger partial charge in [-0.3, -0.25) is 19.6 Å². The molecular formula is C22H24N4O5. The number of rotatable bonds is 8. The second-order valence-corrected chi connectivity index (χ2v) is 6.96. The summed E-state index contributed by atoms with van der Waals surface area (Å²) in [7, 11) is 2.78. The predicted octanol–water partition coefficient (Wildman–Crippen LogP) is 3.40. The monoisotopic (exact) mass is 424 g/mol. The van der Waals surface area contributed by atoms with Crippen molar-refractivity contribution in [3.63, 3.8) is 0 Å². The Balaban J connectivity index is 1.82. The summed E-state index contributed by atoms with van der Waals surface area (Å²) in [6.45, 7) is 4.61. The van der Waals surface area contributed by atoms with Gasteiger partial charge >= 0.3 is 0 Å². The first-order valence-electron chi connectivity index (χ1n) is 9.61. The zero-order valence-electron chi connectivity index (χ0n) is 17.8. The molecule has 0 aliphatic carbocycles. The molecule has 3 rings (SSSR count). The highest BCUT2D eigenvalue weighted by molar-refractivity contribution is 5.99. The number of nitrogens with one attached hydrogen (secondary N) is 1. The van der Waals surface area contributed by atoms with Crippen LogP contribution >= 0.6 is 0 Å². The van der Waals surface area contributed by atoms with Crippen LogP contribution in [0.5, 0.6) is 11.5 Å². The Kier molecular flexibility index (Phi) is 6.54. The third-order valence-electron chi connectivity index (χ3n) is 5.08. The third kappa shape index (κ3) is 4.66. The molecule has 0 radical (unpaired) electrons. The van der Waals surface area contributed by atoms with E-state index in [2.05, 4.69) is 10.4 Å². The quantitative estimate of drug-likeness (QED) is 0.439. The lowest BCUT2D eigenvalue weighted by atomic mass is 10.1. The van der Waals surface area contributed by atoms with Crippen LogP contribution in [0.4, 0.5) is 5.69 Å². The minimum absolute atomic E-state index is 0.102. The fraction of sp³-hybridized carbons (Fsp3) is 0.273. The number of hydrogen-bond acceptors (Lipinski definition) is 6. The number of amides is 1. The molecule has 0 fully saturated rings. The first kappa shape index (κ1) is 21.8. The number of aromatic nitrogens is 2. The molecule has 0 saturated carbocycles. The van der Waals surface area contributed by atoms with Gasteiger partial charge in [0.1, 0.15) is 5.56 Å². The number of carbonyl (C=O) groups is 1. The summed E-state index contributed by atoms with van der Waals surface area (Å²) in [4.78, 5) is 23.6. The van der Waals surface area contributed by atoms with E-state index in [1.165, 1.54) is 26.4 Å². The first-order valence-corrected chi connectivity index (χ1v) is 9.61. The van der Waals surface area contributed by atoms with Crippen LogP contribution in [-0.4, -0.2) is 34.8 Å². The van der Waals surface area contributed by atoms with E-state index >= 15 is 0 Å². The maximum absolute atomic E-state index is 12.8. The van der Waals surface area contributed by atoms with Crippen LogP contribution in [0.3, 0.4) is 0 Å². The van der Waals surface area contributed by atoms with Gasteiger partial charge < -0.3 is 14.8 Å². The summed E-state index contributed by atoms with van der Waals surface area (Å²) in [6, 6.07) is 12.4. The SMILES string of the molecule is COc1cc(C(=O)NCc2c(C)nn(Cc3ccccc3)c2C)c([N+](=O)[O-])cc1OC. The summed E-state index contributed by atoms with van der Waals surface area (Å²) >= 11 is 0. The molecule has 0 aliphatic rings. The molecule has 9 heteroatoms. The number of benzene rings is 2. The molecule has 9 nitrogen and oxygen atoms in total. The molecule has 0 saturated heterocycles. The fourth-order valence-corrected chi connectivity index (χ4v) is 3.37. The average molecular weight is 424 g/mol. The molecule has 1 aromatic heterocycles. The van der Waals surface area contributed by atoms with E-state index in [0.29, 0.717) is 6.54 Å². The Labute approximate surface area is 179 Å². The summed E-state index contributed by atoms with van der Waals surface area (Å²) in [6.07, 6.45) is 0. The van der Waals surface area contributed by atoms with Crippen molar-refractivity contribution in [1.82, 2.24) is 15.1 Å². The highest BCUT2D eigenvalue weighted by atomic mass is 16.6. The van der Waals surface area contributed by atoms with E-state index in [4.69, 9.17) is 9.47 Å². The van der Waals surface area contributed by atoms with E-state index in [0.717, 1.165) is 22.5 Å². The summed E-state index contributed by atoms with van der Waals surface area (Å²) < 4.78 is 12.2. The van der Waals surface area contributed by atoms with Crippen LogP contribution in [0, 0.1) is 24.0 Å². The number of hydrogen-bond donors (Lipinski definition) is 1. The molecular weight excluding hydrogens is 400 g/mol. The largest absolute Gasteiger partial charge is 0.493 e. The molecule has 0 atom stereocenters. The Bertz CT molecular complexity index is 1110. The molecule has 0 unspecified atom stereocenters. The number of methoxy groups -OCH3 is 2. The van der Waals surface area contributed by atoms with Crippen molar-refractivity contribution in [2.75, 3.05) is 14.2 Å². The molecule has 0 spiro atoms. The summed E-state index contributed by atoms with van der Waals surface area (Å²) in [5.41, 5.74) is 3.23. The van der Waals surface area contributed by atoms with E-state index in [1.807, 2.05) is 48.9 Å². The highest BCUT2D eigenvalue weighted by Crippen LogP contribution is 2.34. The van der Waals surface area contributed by atoms with E-state index in [-0.39, 0.29) is 29.3 Å². The van der Waals surface area contributed by atoms with Crippen LogP contribution in [0.1, 0.15) is 32.9 Å². The van der Waals surface area contributed by atoms with E-state index in [1.54, 1.807) is 0 Å². The van der Waals surface area contributed by atoms with Crippen molar-refractivity contribution < 1.29 is 19.2 Å². The Hall–Kier alpha value is -3.88. The number of carbonyl (C=O) groups excluding carboxylic acids is 1. The van der Waals surface area contributed by atoms with Gasteiger partial charge in [-0.15, -0.1) is 0 Å². The van der Waals surface area contributed by atoms with Gasteiger partial charge in [0.15, 0.2) is 11.5 Å². The van der Waals surface area contributed by atoms with Crippen LogP contribution in [0.25, 0.3) is 0 Å². The van der Waals surface area contributed by atoms with Crippen LogP contribution < -0.4 is 14.8 Å². The number of ether oxygens (including phenoxy) is 2. The van der Waals surface area contributed by atoms with E-state index in [9.17, 15) is 14.9 Å². The Morgan fingerprint density at radius 2 is 1.77 bits per heavy atom. The maximum atomic E-state index is 12.8. The van der Waals surface area contributed by atoms with Crippen molar-refractivity contribution in [1.29, 1.82) is 0 Å². The number of aryl methyl sites for hydroxylation is 1. The van der Waals surface area contributed by atoms with Crippen molar-refractivity contribution >= 4 is 11.6 Å². The topological polar surface area (TPSA) is 109 Å². The lowest BCUT2D eigenvalue weighted by Crippen LogP contribution is -2.24. The van der Waals surface area contributed by atoms with Gasteiger partial charge in [-0.25, -0.2) is 0 Å². The lowest BCUT2D eigenvalue weighted by molar-refractivity contribution is -0.385. The van der Waals surface area contributed by atoms with Crippen LogP contribution in [0.15, 0.2) is 42.5 Å². The zero-order chi connectivity index (χ0) is 22.5. The minimum Gasteiger partial charge on any atom is -0.493 e. The van der Waals surface area contributed by atoms with Gasteiger partial charge in [-0.2, -0.15) is 5.10 Å². The van der Waals surface area contributed by atoms with Gasteiger partial charge in [0.05, 0.1) is 37.4 Å². The molecule has 1 heterocycles. The third-order valence-corrected chi connectivity index (χ3v) is 5.08. The van der Waals surface area contributed by atoms with Crippen molar-refractivity contribution in [2.45, 2.75) is 26.9 Å². The molecule has 3 aromatic rings. The van der Waals surface area contributed by atoms with Gasteiger partial charge in [0.2, 0.25) is 0 Å². The second-order valence-electron chi connectivity index (χ2n) is 6.96. The fourth-order valence-electron chi connectivity index (χ4n) is 3.37. The molecule has 0 bridgehead atoms. The zero-order valence-corrected chi connectivity index (χ0v) is 17.8. The summed E-state index contributed by atoms with van der Waals surface area (Å²) in [5.74, 6) is -0.164. The number of nitro benzene ring substituents is 1. The molecule has 162 valence electrons.